The molecule has 0 radical (unpaired) electrons. The molecule has 0 amide bonds. The number of aromatic nitrogens is 3. The van der Waals surface area contributed by atoms with Crippen LogP contribution in [0.25, 0.3) is 22.4 Å². The lowest BCUT2D eigenvalue weighted by molar-refractivity contribution is 0.590. The molecule has 1 aromatic heterocycles. The lowest BCUT2D eigenvalue weighted by Crippen LogP contribution is -2.11. The molecule has 0 atom stereocenters. The van der Waals surface area contributed by atoms with E-state index in [0.29, 0.717) is 5.69 Å². The normalized spacial score (nSPS) is 11.3. The van der Waals surface area contributed by atoms with E-state index in [2.05, 4.69) is 42.2 Å². The average molecular weight is 320 g/mol. The van der Waals surface area contributed by atoms with Gasteiger partial charge in [0.15, 0.2) is 5.69 Å². The number of rotatable bonds is 2. The summed E-state index contributed by atoms with van der Waals surface area (Å²) in [6.07, 6.45) is 0. The van der Waals surface area contributed by atoms with Crippen molar-refractivity contribution in [2.45, 2.75) is 26.2 Å². The van der Waals surface area contributed by atoms with E-state index in [0.717, 1.165) is 22.3 Å². The van der Waals surface area contributed by atoms with Crippen LogP contribution in [-0.4, -0.2) is 15.4 Å². The molecule has 3 aromatic rings. The van der Waals surface area contributed by atoms with Crippen LogP contribution in [0.3, 0.4) is 0 Å². The topological polar surface area (TPSA) is 65.4 Å². The molecule has 0 bridgehead atoms. The van der Waals surface area contributed by atoms with Crippen molar-refractivity contribution in [2.24, 2.45) is 0 Å². The van der Waals surface area contributed by atoms with E-state index in [1.54, 1.807) is 12.1 Å². The van der Waals surface area contributed by atoms with Gasteiger partial charge in [0.1, 0.15) is 17.6 Å². The summed E-state index contributed by atoms with van der Waals surface area (Å²) in [4.78, 5) is 0. The van der Waals surface area contributed by atoms with Crippen LogP contribution in [0.1, 0.15) is 32.0 Å². The van der Waals surface area contributed by atoms with Gasteiger partial charge < -0.3 is 0 Å². The van der Waals surface area contributed by atoms with Crippen LogP contribution >= 0.6 is 0 Å². The Labute approximate surface area is 140 Å². The zero-order valence-corrected chi connectivity index (χ0v) is 13.8. The molecule has 0 aliphatic carbocycles. The third kappa shape index (κ3) is 3.04. The quantitative estimate of drug-likeness (QED) is 0.758. The first-order chi connectivity index (χ1) is 11.4. The van der Waals surface area contributed by atoms with E-state index < -0.39 is 0 Å². The highest BCUT2D eigenvalue weighted by atomic mass is 19.1. The predicted molar refractivity (Wildman–Crippen MR) is 90.6 cm³/mol. The van der Waals surface area contributed by atoms with Crippen molar-refractivity contribution in [1.82, 2.24) is 15.4 Å². The Balaban J connectivity index is 2.22. The largest absolute Gasteiger partial charge is 0.207 e. The van der Waals surface area contributed by atoms with Crippen molar-refractivity contribution in [3.05, 3.63) is 59.5 Å². The summed E-state index contributed by atoms with van der Waals surface area (Å²) in [5, 5.41) is 19.7. The second-order valence-electron chi connectivity index (χ2n) is 6.69. The first-order valence-electron chi connectivity index (χ1n) is 7.61. The highest BCUT2D eigenvalue weighted by Gasteiger charge is 2.19. The van der Waals surface area contributed by atoms with Crippen molar-refractivity contribution < 1.29 is 4.39 Å². The Bertz CT molecular complexity index is 912. The van der Waals surface area contributed by atoms with Crippen molar-refractivity contribution in [1.29, 1.82) is 5.26 Å². The summed E-state index contributed by atoms with van der Waals surface area (Å²) < 4.78 is 13.2. The molecule has 120 valence electrons. The van der Waals surface area contributed by atoms with Gasteiger partial charge in [-0.05, 0) is 46.4 Å². The smallest absolute Gasteiger partial charge is 0.190 e. The first-order valence-corrected chi connectivity index (χ1v) is 7.61. The first kappa shape index (κ1) is 15.9. The fraction of sp³-hybridized carbons (Fsp3) is 0.211. The molecule has 0 aliphatic rings. The monoisotopic (exact) mass is 320 g/mol. The van der Waals surface area contributed by atoms with E-state index in [9.17, 15) is 9.65 Å². The van der Waals surface area contributed by atoms with Crippen molar-refractivity contribution in [2.75, 3.05) is 0 Å². The second-order valence-corrected chi connectivity index (χ2v) is 6.69. The highest BCUT2D eigenvalue weighted by molar-refractivity contribution is 5.74. The average Bonchev–Trinajstić information content (AvgIpc) is 3.03. The molecule has 1 N–H and O–H groups in total. The predicted octanol–water partition coefficient (Wildman–Crippen LogP) is 4.45. The molecule has 0 fully saturated rings. The molecule has 0 saturated heterocycles. The number of benzene rings is 2. The number of H-pyrrole nitrogens is 1. The van der Waals surface area contributed by atoms with Gasteiger partial charge in [-0.2, -0.15) is 15.6 Å². The summed E-state index contributed by atoms with van der Waals surface area (Å²) in [6, 6.07) is 14.5. The lowest BCUT2D eigenvalue weighted by atomic mass is 9.83. The number of hydrogen-bond acceptors (Lipinski definition) is 3. The maximum atomic E-state index is 13.2. The molecule has 0 aliphatic heterocycles. The Hall–Kier alpha value is -3.00. The lowest BCUT2D eigenvalue weighted by Gasteiger charge is -2.21. The molecule has 0 saturated carbocycles. The fourth-order valence-electron chi connectivity index (χ4n) is 2.52. The Morgan fingerprint density at radius 3 is 2.25 bits per heavy atom. The number of nitrogens with zero attached hydrogens (tertiary/aromatic N) is 3. The van der Waals surface area contributed by atoms with Gasteiger partial charge in [0.2, 0.25) is 0 Å². The summed E-state index contributed by atoms with van der Waals surface area (Å²) in [5.74, 6) is -0.269. The molecule has 4 nitrogen and oxygen atoms in total. The minimum atomic E-state index is -0.269. The summed E-state index contributed by atoms with van der Waals surface area (Å²) in [7, 11) is 0. The van der Waals surface area contributed by atoms with E-state index in [1.165, 1.54) is 12.1 Å². The van der Waals surface area contributed by atoms with Crippen molar-refractivity contribution in [3.8, 4) is 28.5 Å². The number of aromatic amines is 1. The molecule has 5 heteroatoms. The molecule has 2 aromatic carbocycles. The Kier molecular flexibility index (Phi) is 3.90. The highest BCUT2D eigenvalue weighted by Crippen LogP contribution is 2.33. The van der Waals surface area contributed by atoms with Crippen LogP contribution in [0.4, 0.5) is 4.39 Å². The molecular formula is C19H17FN4. The summed E-state index contributed by atoms with van der Waals surface area (Å²) >= 11 is 0. The van der Waals surface area contributed by atoms with Gasteiger partial charge in [-0.15, -0.1) is 5.10 Å². The van der Waals surface area contributed by atoms with Crippen LogP contribution in [-0.2, 0) is 5.41 Å². The second kappa shape index (κ2) is 5.89. The standard InChI is InChI=1S/C19H17FN4/c1-19(2,3)15-9-13(12-4-6-16(20)7-5-12)8-14(10-15)18-17(11-21)22-24-23-18/h4-10H,1-3H3,(H,22,23,24). The molecule has 1 heterocycles. The van der Waals surface area contributed by atoms with E-state index >= 15 is 0 Å². The maximum Gasteiger partial charge on any atom is 0.190 e. The molecule has 3 rings (SSSR count). The van der Waals surface area contributed by atoms with Gasteiger partial charge >= 0.3 is 0 Å². The van der Waals surface area contributed by atoms with Gasteiger partial charge in [0, 0.05) is 5.56 Å². The van der Waals surface area contributed by atoms with Crippen molar-refractivity contribution >= 4 is 0 Å². The van der Waals surface area contributed by atoms with Gasteiger partial charge in [-0.3, -0.25) is 0 Å². The van der Waals surface area contributed by atoms with E-state index in [4.69, 9.17) is 0 Å². The number of nitrogens with one attached hydrogen (secondary N) is 1. The third-order valence-electron chi connectivity index (χ3n) is 3.90. The molecular weight excluding hydrogens is 303 g/mol. The minimum Gasteiger partial charge on any atom is -0.207 e. The number of nitriles is 1. The van der Waals surface area contributed by atoms with E-state index in [1.807, 2.05) is 18.2 Å². The van der Waals surface area contributed by atoms with Crippen LogP contribution in [0.2, 0.25) is 0 Å². The number of hydrogen-bond donors (Lipinski definition) is 1. The van der Waals surface area contributed by atoms with Crippen molar-refractivity contribution in [3.63, 3.8) is 0 Å². The Morgan fingerprint density at radius 2 is 1.62 bits per heavy atom. The molecule has 24 heavy (non-hydrogen) atoms. The summed E-state index contributed by atoms with van der Waals surface area (Å²) in [6.45, 7) is 6.36. The van der Waals surface area contributed by atoms with Gasteiger partial charge in [-0.25, -0.2) is 4.39 Å². The number of halogens is 1. The zero-order valence-electron chi connectivity index (χ0n) is 13.8. The summed E-state index contributed by atoms with van der Waals surface area (Å²) in [5.41, 5.74) is 4.47. The van der Waals surface area contributed by atoms with Crippen LogP contribution < -0.4 is 0 Å². The molecule has 0 unspecified atom stereocenters. The van der Waals surface area contributed by atoms with Gasteiger partial charge in [-0.1, -0.05) is 39.0 Å². The van der Waals surface area contributed by atoms with E-state index in [-0.39, 0.29) is 16.9 Å². The van der Waals surface area contributed by atoms with Crippen LogP contribution in [0.15, 0.2) is 42.5 Å². The fourth-order valence-corrected chi connectivity index (χ4v) is 2.52. The third-order valence-corrected chi connectivity index (χ3v) is 3.90. The van der Waals surface area contributed by atoms with Gasteiger partial charge in [0.25, 0.3) is 0 Å². The zero-order chi connectivity index (χ0) is 17.3. The van der Waals surface area contributed by atoms with Gasteiger partial charge in [0.05, 0.1) is 0 Å². The maximum absolute atomic E-state index is 13.2. The SMILES string of the molecule is CC(C)(C)c1cc(-c2ccc(F)cc2)cc(-c2n[nH]nc2C#N)c1. The minimum absolute atomic E-state index is 0.0820. The molecule has 0 spiro atoms. The Morgan fingerprint density at radius 1 is 0.958 bits per heavy atom. The van der Waals surface area contributed by atoms with Crippen LogP contribution in [0, 0.1) is 17.1 Å². The van der Waals surface area contributed by atoms with Crippen LogP contribution in [0.5, 0.6) is 0 Å².